The van der Waals surface area contributed by atoms with E-state index in [9.17, 15) is 31.4 Å². The van der Waals surface area contributed by atoms with Gasteiger partial charge in [0.15, 0.2) is 0 Å². The van der Waals surface area contributed by atoms with Crippen molar-refractivity contribution in [3.05, 3.63) is 101 Å². The van der Waals surface area contributed by atoms with Crippen molar-refractivity contribution in [2.75, 3.05) is 0 Å². The van der Waals surface area contributed by atoms with E-state index in [1.807, 2.05) is 39.0 Å². The first-order chi connectivity index (χ1) is 17.6. The molecule has 3 rings (SSSR count). The Balaban J connectivity index is 2.04. The molecular formula is C30H29F6NO. The van der Waals surface area contributed by atoms with Crippen LogP contribution in [0.15, 0.2) is 60.9 Å². The summed E-state index contributed by atoms with van der Waals surface area (Å²) < 4.78 is 78.4. The number of hydrogen-bond acceptors (Lipinski definition) is 2. The van der Waals surface area contributed by atoms with Gasteiger partial charge >= 0.3 is 12.4 Å². The van der Waals surface area contributed by atoms with Gasteiger partial charge in [-0.25, -0.2) is 0 Å². The highest BCUT2D eigenvalue weighted by atomic mass is 19.4. The molecule has 0 amide bonds. The molecule has 0 spiro atoms. The minimum atomic E-state index is -5.92. The number of nitrogens with zero attached hydrogens (tertiary/aromatic N) is 1. The van der Waals surface area contributed by atoms with Gasteiger partial charge in [-0.05, 0) is 77.8 Å². The third-order valence-electron chi connectivity index (χ3n) is 7.25. The number of aromatic nitrogens is 1. The van der Waals surface area contributed by atoms with Crippen LogP contribution in [0.2, 0.25) is 0 Å². The highest BCUT2D eigenvalue weighted by molar-refractivity contribution is 5.68. The number of benzene rings is 2. The topological polar surface area (TPSA) is 33.1 Å². The van der Waals surface area contributed by atoms with Gasteiger partial charge in [0.1, 0.15) is 0 Å². The number of pyridine rings is 1. The fourth-order valence-corrected chi connectivity index (χ4v) is 4.84. The number of halogens is 6. The molecule has 0 saturated carbocycles. The number of hydrogen-bond donors (Lipinski definition) is 1. The second-order valence-corrected chi connectivity index (χ2v) is 9.49. The Kier molecular flexibility index (Phi) is 8.18. The van der Waals surface area contributed by atoms with E-state index in [1.54, 1.807) is 31.5 Å². The van der Waals surface area contributed by atoms with Gasteiger partial charge in [0.05, 0.1) is 0 Å². The summed E-state index contributed by atoms with van der Waals surface area (Å²) in [6.45, 7) is 13.5. The fourth-order valence-electron chi connectivity index (χ4n) is 4.84. The molecular weight excluding hydrogens is 504 g/mol. The van der Waals surface area contributed by atoms with Gasteiger partial charge in [-0.2, -0.15) is 26.3 Å². The second kappa shape index (κ2) is 10.6. The van der Waals surface area contributed by atoms with E-state index in [1.165, 1.54) is 6.07 Å². The van der Waals surface area contributed by atoms with Crippen LogP contribution in [0.25, 0.3) is 17.2 Å². The summed E-state index contributed by atoms with van der Waals surface area (Å²) in [6.07, 6.45) is -6.69. The molecule has 0 atom stereocenters. The summed E-state index contributed by atoms with van der Waals surface area (Å²) in [6, 6.07) is 12.9. The van der Waals surface area contributed by atoms with E-state index < -0.39 is 23.4 Å². The summed E-state index contributed by atoms with van der Waals surface area (Å²) in [4.78, 5) is 4.16. The fraction of sp³-hybridized carbons (Fsp3) is 0.333. The van der Waals surface area contributed by atoms with Crippen molar-refractivity contribution in [3.63, 3.8) is 0 Å². The Morgan fingerprint density at radius 2 is 1.37 bits per heavy atom. The molecule has 2 aromatic carbocycles. The third kappa shape index (κ3) is 5.37. The SMILES string of the molecule is [CH]c1cncc(-c2ccc(C(CC)(CC)c3ccc(/C=C/C(O)(C(F)(F)F)C(F)(F)F)c(C)c3)cc2C)c1. The third-order valence-corrected chi connectivity index (χ3v) is 7.25. The Morgan fingerprint density at radius 1 is 0.816 bits per heavy atom. The molecule has 1 aromatic heterocycles. The maximum absolute atomic E-state index is 13.1. The zero-order valence-corrected chi connectivity index (χ0v) is 21.5. The minimum absolute atomic E-state index is 0.141. The van der Waals surface area contributed by atoms with Crippen molar-refractivity contribution in [1.29, 1.82) is 0 Å². The van der Waals surface area contributed by atoms with Crippen molar-refractivity contribution < 1.29 is 31.4 Å². The van der Waals surface area contributed by atoms with Gasteiger partial charge in [0.2, 0.25) is 0 Å². The predicted octanol–water partition coefficient (Wildman–Crippen LogP) is 8.40. The molecule has 2 nitrogen and oxygen atoms in total. The number of rotatable bonds is 7. The van der Waals surface area contributed by atoms with Crippen LogP contribution in [0.1, 0.15) is 60.1 Å². The van der Waals surface area contributed by atoms with Gasteiger partial charge in [-0.3, -0.25) is 4.98 Å². The molecule has 0 unspecified atom stereocenters. The number of alkyl halides is 6. The van der Waals surface area contributed by atoms with Gasteiger partial charge in [-0.1, -0.05) is 56.3 Å². The van der Waals surface area contributed by atoms with Gasteiger partial charge < -0.3 is 5.11 Å². The van der Waals surface area contributed by atoms with E-state index in [2.05, 4.69) is 11.1 Å². The van der Waals surface area contributed by atoms with Crippen LogP contribution < -0.4 is 0 Å². The van der Waals surface area contributed by atoms with Crippen molar-refractivity contribution in [2.45, 2.75) is 63.9 Å². The van der Waals surface area contributed by atoms with E-state index >= 15 is 0 Å². The standard InChI is InChI=1S/C30H29F6NO/c1-6-27(7-2,25-10-11-26(21(5)16-25)23-14-19(3)17-37-18-23)24-9-8-22(20(4)15-24)12-13-28(38,29(31,32)33)30(34,35)36/h3,8-18,38H,6-7H2,1-2,4-5H3/b13-12+. The van der Waals surface area contributed by atoms with Crippen LogP contribution in [0, 0.1) is 20.8 Å². The average molecular weight is 534 g/mol. The lowest BCUT2D eigenvalue weighted by Gasteiger charge is -2.34. The van der Waals surface area contributed by atoms with Crippen LogP contribution in [0.3, 0.4) is 0 Å². The molecule has 2 radical (unpaired) electrons. The van der Waals surface area contributed by atoms with E-state index in [-0.39, 0.29) is 11.6 Å². The molecule has 3 aromatic rings. The minimum Gasteiger partial charge on any atom is -0.370 e. The Morgan fingerprint density at radius 3 is 1.84 bits per heavy atom. The first-order valence-electron chi connectivity index (χ1n) is 12.1. The number of aliphatic hydroxyl groups is 1. The van der Waals surface area contributed by atoms with Gasteiger partial charge in [-0.15, -0.1) is 0 Å². The van der Waals surface area contributed by atoms with E-state index in [4.69, 9.17) is 6.92 Å². The summed E-state index contributed by atoms with van der Waals surface area (Å²) in [5.41, 5.74) is 0.586. The lowest BCUT2D eigenvalue weighted by atomic mass is 9.69. The highest BCUT2D eigenvalue weighted by Gasteiger charge is 2.68. The van der Waals surface area contributed by atoms with Crippen LogP contribution >= 0.6 is 0 Å². The van der Waals surface area contributed by atoms with Gasteiger partial charge in [0, 0.05) is 30.3 Å². The van der Waals surface area contributed by atoms with Crippen LogP contribution in [0.4, 0.5) is 26.3 Å². The predicted molar refractivity (Wildman–Crippen MR) is 136 cm³/mol. The average Bonchev–Trinajstić information content (AvgIpc) is 2.83. The monoisotopic (exact) mass is 533 g/mol. The molecule has 0 aliphatic carbocycles. The smallest absolute Gasteiger partial charge is 0.370 e. The Bertz CT molecular complexity index is 1310. The lowest BCUT2D eigenvalue weighted by molar-refractivity contribution is -0.347. The molecule has 1 N–H and O–H groups in total. The molecule has 1 heterocycles. The van der Waals surface area contributed by atoms with Crippen LogP contribution in [0.5, 0.6) is 0 Å². The molecule has 0 aliphatic rings. The van der Waals surface area contributed by atoms with Crippen molar-refractivity contribution in [2.24, 2.45) is 0 Å². The molecule has 0 fully saturated rings. The molecule has 0 bridgehead atoms. The first kappa shape index (κ1) is 29.4. The maximum atomic E-state index is 13.1. The van der Waals surface area contributed by atoms with Crippen LogP contribution in [-0.4, -0.2) is 28.0 Å². The van der Waals surface area contributed by atoms with Crippen molar-refractivity contribution in [1.82, 2.24) is 4.98 Å². The van der Waals surface area contributed by atoms with Crippen molar-refractivity contribution >= 4 is 6.08 Å². The van der Waals surface area contributed by atoms with Gasteiger partial charge in [0.25, 0.3) is 5.60 Å². The normalized spacial score (nSPS) is 13.4. The molecule has 0 saturated heterocycles. The Labute approximate surface area is 219 Å². The molecule has 0 aliphatic heterocycles. The highest BCUT2D eigenvalue weighted by Crippen LogP contribution is 2.45. The summed E-state index contributed by atoms with van der Waals surface area (Å²) in [5, 5.41) is 9.44. The summed E-state index contributed by atoms with van der Waals surface area (Å²) >= 11 is 0. The molecule has 8 heteroatoms. The van der Waals surface area contributed by atoms with E-state index in [0.29, 0.717) is 30.0 Å². The molecule has 38 heavy (non-hydrogen) atoms. The zero-order valence-electron chi connectivity index (χ0n) is 21.5. The van der Waals surface area contributed by atoms with E-state index in [0.717, 1.165) is 27.8 Å². The maximum Gasteiger partial charge on any atom is 0.430 e. The summed E-state index contributed by atoms with van der Waals surface area (Å²) in [7, 11) is 0. The Hall–Kier alpha value is -3.13. The van der Waals surface area contributed by atoms with Crippen molar-refractivity contribution in [3.8, 4) is 11.1 Å². The zero-order chi connectivity index (χ0) is 28.5. The second-order valence-electron chi connectivity index (χ2n) is 9.49. The summed E-state index contributed by atoms with van der Waals surface area (Å²) in [5.74, 6) is 0. The molecule has 202 valence electrons. The van der Waals surface area contributed by atoms with Crippen LogP contribution in [-0.2, 0) is 5.41 Å². The first-order valence-corrected chi connectivity index (χ1v) is 12.1. The quantitative estimate of drug-likeness (QED) is 0.310. The largest absolute Gasteiger partial charge is 0.430 e. The number of aryl methyl sites for hydroxylation is 2. The lowest BCUT2D eigenvalue weighted by Crippen LogP contribution is -2.55.